The summed E-state index contributed by atoms with van der Waals surface area (Å²) in [5.41, 5.74) is -0.751. The van der Waals surface area contributed by atoms with Gasteiger partial charge < -0.3 is 14.0 Å². The molecule has 4 nitrogen and oxygen atoms in total. The SMILES string of the molecule is C#CCOCOCn1c(-c2ccc(Cl)cc2)c(C#N)c(Br)c1C(F)(F)F. The quantitative estimate of drug-likeness (QED) is 0.354. The molecule has 0 amide bonds. The third-order valence-electron chi connectivity index (χ3n) is 3.27. The van der Waals surface area contributed by atoms with Gasteiger partial charge in [-0.15, -0.1) is 6.42 Å². The van der Waals surface area contributed by atoms with Gasteiger partial charge in [-0.1, -0.05) is 29.7 Å². The molecule has 0 aliphatic carbocycles. The zero-order valence-corrected chi connectivity index (χ0v) is 15.5. The molecule has 0 N–H and O–H groups in total. The molecule has 0 saturated heterocycles. The van der Waals surface area contributed by atoms with Gasteiger partial charge in [-0.25, -0.2) is 0 Å². The van der Waals surface area contributed by atoms with Gasteiger partial charge in [0.05, 0.1) is 15.7 Å². The largest absolute Gasteiger partial charge is 0.432 e. The Hall–Kier alpha value is -1.97. The van der Waals surface area contributed by atoms with E-state index >= 15 is 0 Å². The molecule has 0 unspecified atom stereocenters. The second-order valence-electron chi connectivity index (χ2n) is 4.93. The Morgan fingerprint density at radius 1 is 1.23 bits per heavy atom. The third kappa shape index (κ3) is 4.40. The van der Waals surface area contributed by atoms with Gasteiger partial charge in [-0.05, 0) is 33.6 Å². The zero-order chi connectivity index (χ0) is 19.3. The molecule has 0 aliphatic heterocycles. The minimum absolute atomic E-state index is 0.0327. The van der Waals surface area contributed by atoms with Crippen LogP contribution in [0.5, 0.6) is 0 Å². The van der Waals surface area contributed by atoms with Crippen molar-refractivity contribution in [3.63, 3.8) is 0 Å². The van der Waals surface area contributed by atoms with E-state index in [1.165, 1.54) is 24.3 Å². The number of terminal acetylenes is 1. The van der Waals surface area contributed by atoms with Crippen molar-refractivity contribution in [1.82, 2.24) is 4.57 Å². The number of alkyl halides is 3. The molecule has 1 aromatic carbocycles. The molecule has 1 aromatic heterocycles. The van der Waals surface area contributed by atoms with E-state index < -0.39 is 18.6 Å². The Balaban J connectivity index is 2.55. The van der Waals surface area contributed by atoms with Gasteiger partial charge in [0.15, 0.2) is 0 Å². The third-order valence-corrected chi connectivity index (χ3v) is 4.30. The van der Waals surface area contributed by atoms with E-state index in [0.717, 1.165) is 4.57 Å². The first kappa shape index (κ1) is 20.3. The van der Waals surface area contributed by atoms with Crippen molar-refractivity contribution in [3.8, 4) is 29.7 Å². The number of rotatable bonds is 6. The van der Waals surface area contributed by atoms with Crippen LogP contribution in [0.4, 0.5) is 13.2 Å². The first-order valence-electron chi connectivity index (χ1n) is 7.05. The maximum Gasteiger partial charge on any atom is 0.432 e. The standard InChI is InChI=1S/C17H11BrClF3N2O2/c1-2-7-25-10-26-9-24-15(11-3-5-12(19)6-4-11)13(8-23)14(18)16(24)17(20,21)22/h1,3-6H,7,9-10H2. The maximum atomic E-state index is 13.6. The van der Waals surface area contributed by atoms with Crippen LogP contribution in [0.1, 0.15) is 11.3 Å². The van der Waals surface area contributed by atoms with Crippen molar-refractivity contribution in [2.24, 2.45) is 0 Å². The lowest BCUT2D eigenvalue weighted by Crippen LogP contribution is -2.17. The first-order valence-corrected chi connectivity index (χ1v) is 8.22. The number of hydrogen-bond acceptors (Lipinski definition) is 3. The Bertz CT molecular complexity index is 865. The zero-order valence-electron chi connectivity index (χ0n) is 13.1. The van der Waals surface area contributed by atoms with Gasteiger partial charge in [-0.3, -0.25) is 0 Å². The van der Waals surface area contributed by atoms with Crippen molar-refractivity contribution in [2.75, 3.05) is 13.4 Å². The topological polar surface area (TPSA) is 47.2 Å². The molecule has 1 heterocycles. The molecule has 2 rings (SSSR count). The van der Waals surface area contributed by atoms with E-state index in [-0.39, 0.29) is 29.1 Å². The fourth-order valence-corrected chi connectivity index (χ4v) is 3.13. The summed E-state index contributed by atoms with van der Waals surface area (Å²) in [7, 11) is 0. The van der Waals surface area contributed by atoms with E-state index in [1.807, 2.05) is 0 Å². The average molecular weight is 448 g/mol. The van der Waals surface area contributed by atoms with E-state index in [1.54, 1.807) is 6.07 Å². The predicted molar refractivity (Wildman–Crippen MR) is 93.0 cm³/mol. The summed E-state index contributed by atoms with van der Waals surface area (Å²) in [5.74, 6) is 2.21. The van der Waals surface area contributed by atoms with Gasteiger partial charge in [0.2, 0.25) is 0 Å². The van der Waals surface area contributed by atoms with Crippen molar-refractivity contribution >= 4 is 27.5 Å². The van der Waals surface area contributed by atoms with Crippen molar-refractivity contribution in [2.45, 2.75) is 12.9 Å². The molecule has 0 fully saturated rings. The Morgan fingerprint density at radius 2 is 1.88 bits per heavy atom. The highest BCUT2D eigenvalue weighted by Crippen LogP contribution is 2.43. The number of ether oxygens (including phenoxy) is 2. The number of benzene rings is 1. The summed E-state index contributed by atoms with van der Waals surface area (Å²) < 4.78 is 51.2. The lowest BCUT2D eigenvalue weighted by Gasteiger charge is -2.16. The molecule has 0 radical (unpaired) electrons. The summed E-state index contributed by atoms with van der Waals surface area (Å²) in [6.07, 6.45) is 0.309. The average Bonchev–Trinajstić information content (AvgIpc) is 2.87. The summed E-state index contributed by atoms with van der Waals surface area (Å²) in [6, 6.07) is 7.90. The molecular weight excluding hydrogens is 437 g/mol. The van der Waals surface area contributed by atoms with Crippen LogP contribution in [0, 0.1) is 23.7 Å². The van der Waals surface area contributed by atoms with Gasteiger partial charge in [-0.2, -0.15) is 18.4 Å². The molecule has 0 aliphatic rings. The van der Waals surface area contributed by atoms with Crippen LogP contribution in [-0.4, -0.2) is 18.0 Å². The van der Waals surface area contributed by atoms with Gasteiger partial charge in [0.1, 0.15) is 31.9 Å². The Labute approximate surface area is 161 Å². The maximum absolute atomic E-state index is 13.6. The highest BCUT2D eigenvalue weighted by atomic mass is 79.9. The minimum Gasteiger partial charge on any atom is -0.343 e. The van der Waals surface area contributed by atoms with Crippen molar-refractivity contribution < 1.29 is 22.6 Å². The van der Waals surface area contributed by atoms with E-state index in [9.17, 15) is 18.4 Å². The molecule has 26 heavy (non-hydrogen) atoms. The number of nitriles is 1. The predicted octanol–water partition coefficient (Wildman–Crippen LogP) is 5.04. The molecule has 0 spiro atoms. The van der Waals surface area contributed by atoms with E-state index in [0.29, 0.717) is 10.6 Å². The fourth-order valence-electron chi connectivity index (χ4n) is 2.29. The molecular formula is C17H11BrClF3N2O2. The first-order chi connectivity index (χ1) is 12.3. The van der Waals surface area contributed by atoms with Crippen LogP contribution in [-0.2, 0) is 22.4 Å². The molecule has 0 saturated carbocycles. The molecule has 0 bridgehead atoms. The molecule has 0 atom stereocenters. The fraction of sp³-hybridized carbons (Fsp3) is 0.235. The molecule has 136 valence electrons. The van der Waals surface area contributed by atoms with Crippen LogP contribution in [0.15, 0.2) is 28.7 Å². The van der Waals surface area contributed by atoms with Crippen LogP contribution < -0.4 is 0 Å². The second kappa shape index (κ2) is 8.61. The summed E-state index contributed by atoms with van der Waals surface area (Å²) in [5, 5.41) is 9.80. The minimum atomic E-state index is -4.71. The number of hydrogen-bond donors (Lipinski definition) is 0. The Kier molecular flexibility index (Phi) is 6.74. The van der Waals surface area contributed by atoms with Gasteiger partial charge in [0, 0.05) is 5.02 Å². The highest BCUT2D eigenvalue weighted by Gasteiger charge is 2.40. The summed E-state index contributed by atoms with van der Waals surface area (Å²) in [6.45, 7) is -0.814. The number of aromatic nitrogens is 1. The monoisotopic (exact) mass is 446 g/mol. The lowest BCUT2D eigenvalue weighted by atomic mass is 10.1. The molecule has 2 aromatic rings. The van der Waals surface area contributed by atoms with Crippen LogP contribution in [0.3, 0.4) is 0 Å². The van der Waals surface area contributed by atoms with Crippen molar-refractivity contribution in [3.05, 3.63) is 45.0 Å². The number of nitrogens with zero attached hydrogens (tertiary/aromatic N) is 2. The van der Waals surface area contributed by atoms with Crippen molar-refractivity contribution in [1.29, 1.82) is 5.26 Å². The highest BCUT2D eigenvalue weighted by molar-refractivity contribution is 9.10. The van der Waals surface area contributed by atoms with Crippen LogP contribution in [0.2, 0.25) is 5.02 Å². The Morgan fingerprint density at radius 3 is 2.42 bits per heavy atom. The normalized spacial score (nSPS) is 11.2. The summed E-state index contributed by atoms with van der Waals surface area (Å²) in [4.78, 5) is 0. The van der Waals surface area contributed by atoms with E-state index in [2.05, 4.69) is 21.9 Å². The lowest BCUT2D eigenvalue weighted by molar-refractivity contribution is -0.149. The van der Waals surface area contributed by atoms with Crippen LogP contribution >= 0.6 is 27.5 Å². The van der Waals surface area contributed by atoms with E-state index in [4.69, 9.17) is 27.5 Å². The second-order valence-corrected chi connectivity index (χ2v) is 6.16. The summed E-state index contributed by atoms with van der Waals surface area (Å²) >= 11 is 8.73. The molecule has 9 heteroatoms. The van der Waals surface area contributed by atoms with Crippen LogP contribution in [0.25, 0.3) is 11.3 Å². The number of halogens is 5. The smallest absolute Gasteiger partial charge is 0.343 e. The van der Waals surface area contributed by atoms with Gasteiger partial charge >= 0.3 is 6.18 Å². The van der Waals surface area contributed by atoms with Gasteiger partial charge in [0.25, 0.3) is 0 Å².